The Bertz CT molecular complexity index is 1260. The number of phosphoric acid groups is 1. The lowest BCUT2D eigenvalue weighted by Gasteiger charge is -2.35. The van der Waals surface area contributed by atoms with Crippen molar-refractivity contribution in [1.29, 1.82) is 0 Å². The quantitative estimate of drug-likeness (QED) is 0.269. The summed E-state index contributed by atoms with van der Waals surface area (Å²) >= 11 is 1.01. The standard InChI is InChI=1S/C22H33N6O9PS/c1-5-33-20(30)24-7-6-21(2,3)18(29)39-9-8-34-38(32)35-11-14-15(37-38)22(4,31)17(36-14)28-12-26-13-10-25-19(23)27-16(13)28/h10,12,14-15,17,31H,5-9,11H2,1-4H3,(H,24,30)(H2,23,25,27)/t14-,15-,17-,22-,38+/m1/s1. The Hall–Kier alpha value is -2.33. The van der Waals surface area contributed by atoms with Crippen molar-refractivity contribution in [1.82, 2.24) is 24.8 Å². The maximum Gasteiger partial charge on any atom is 0.475 e. The molecule has 2 aromatic heterocycles. The molecule has 39 heavy (non-hydrogen) atoms. The molecule has 4 heterocycles. The molecular weight excluding hydrogens is 555 g/mol. The third-order valence-electron chi connectivity index (χ3n) is 6.36. The van der Waals surface area contributed by atoms with Crippen molar-refractivity contribution in [2.24, 2.45) is 5.41 Å². The van der Waals surface area contributed by atoms with Crippen molar-refractivity contribution < 1.29 is 42.3 Å². The number of carbonyl (C=O) groups is 2. The molecule has 4 rings (SSSR count). The zero-order valence-electron chi connectivity index (χ0n) is 22.1. The second-order valence-corrected chi connectivity index (χ2v) is 12.6. The minimum atomic E-state index is -4.06. The molecule has 0 aromatic carbocycles. The van der Waals surface area contributed by atoms with Crippen LogP contribution >= 0.6 is 19.6 Å². The fourth-order valence-corrected chi connectivity index (χ4v) is 6.63. The molecule has 2 aromatic rings. The molecule has 2 fully saturated rings. The molecule has 15 nitrogen and oxygen atoms in total. The number of aliphatic hydroxyl groups is 1. The van der Waals surface area contributed by atoms with Gasteiger partial charge in [-0.05, 0) is 20.3 Å². The maximum absolute atomic E-state index is 13.2. The second kappa shape index (κ2) is 11.6. The first kappa shape index (κ1) is 29.6. The fraction of sp³-hybridized carbons (Fsp3) is 0.682. The van der Waals surface area contributed by atoms with Gasteiger partial charge >= 0.3 is 13.9 Å². The molecule has 17 heteroatoms. The van der Waals surface area contributed by atoms with Crippen LogP contribution < -0.4 is 11.1 Å². The largest absolute Gasteiger partial charge is 0.475 e. The van der Waals surface area contributed by atoms with Gasteiger partial charge in [-0.15, -0.1) is 0 Å². The third-order valence-corrected chi connectivity index (χ3v) is 8.99. The monoisotopic (exact) mass is 588 g/mol. The van der Waals surface area contributed by atoms with E-state index in [0.717, 1.165) is 11.8 Å². The summed E-state index contributed by atoms with van der Waals surface area (Å²) in [6, 6.07) is 0. The number of thioether (sulfide) groups is 1. The van der Waals surface area contributed by atoms with E-state index < -0.39 is 43.4 Å². The number of phosphoric ester groups is 1. The first-order valence-electron chi connectivity index (χ1n) is 12.3. The lowest BCUT2D eigenvalue weighted by atomic mass is 9.91. The van der Waals surface area contributed by atoms with E-state index in [4.69, 9.17) is 28.8 Å². The second-order valence-electron chi connectivity index (χ2n) is 9.86. The number of amides is 1. The molecule has 2 aliphatic heterocycles. The highest BCUT2D eigenvalue weighted by atomic mass is 32.2. The number of anilines is 1. The average Bonchev–Trinajstić information content (AvgIpc) is 3.38. The Morgan fingerprint density at radius 3 is 2.92 bits per heavy atom. The van der Waals surface area contributed by atoms with Crippen molar-refractivity contribution in [3.63, 3.8) is 0 Å². The molecule has 0 aliphatic carbocycles. The van der Waals surface area contributed by atoms with Gasteiger partial charge in [0.1, 0.15) is 23.3 Å². The van der Waals surface area contributed by atoms with E-state index >= 15 is 0 Å². The number of nitrogen functional groups attached to an aromatic ring is 1. The van der Waals surface area contributed by atoms with Crippen LogP contribution in [-0.2, 0) is 32.4 Å². The molecule has 216 valence electrons. The Labute approximate surface area is 229 Å². The molecule has 4 N–H and O–H groups in total. The van der Waals surface area contributed by atoms with E-state index in [1.807, 2.05) is 0 Å². The summed E-state index contributed by atoms with van der Waals surface area (Å²) in [6.45, 7) is 7.04. The SMILES string of the molecule is CCOC(=O)NCCC(C)(C)C(=O)SCCO[P@@]1(=O)OC[C@H]2O[C@@H](n3cnc4cnc(N)nc43)[C@](C)(O)[C@@H]2O1. The van der Waals surface area contributed by atoms with Gasteiger partial charge in [-0.25, -0.2) is 19.3 Å². The minimum Gasteiger partial charge on any atom is -0.450 e. The van der Waals surface area contributed by atoms with Crippen LogP contribution in [0.1, 0.15) is 40.3 Å². The Morgan fingerprint density at radius 2 is 2.18 bits per heavy atom. The summed E-state index contributed by atoms with van der Waals surface area (Å²) in [6.07, 6.45) is -0.00282. The first-order chi connectivity index (χ1) is 18.4. The molecule has 1 amide bonds. The van der Waals surface area contributed by atoms with E-state index in [9.17, 15) is 19.3 Å². The summed E-state index contributed by atoms with van der Waals surface area (Å²) in [5.74, 6) is 0.223. The number of aromatic nitrogens is 4. The highest BCUT2D eigenvalue weighted by Gasteiger charge is 2.60. The van der Waals surface area contributed by atoms with Crippen LogP contribution in [0.4, 0.5) is 10.7 Å². The van der Waals surface area contributed by atoms with Crippen LogP contribution in [0.2, 0.25) is 0 Å². The van der Waals surface area contributed by atoms with Gasteiger partial charge in [0.15, 0.2) is 17.0 Å². The minimum absolute atomic E-state index is 0.0323. The van der Waals surface area contributed by atoms with Crippen LogP contribution in [0, 0.1) is 5.41 Å². The van der Waals surface area contributed by atoms with E-state index in [1.165, 1.54) is 24.0 Å². The summed E-state index contributed by atoms with van der Waals surface area (Å²) in [4.78, 5) is 36.4. The smallest absolute Gasteiger partial charge is 0.450 e. The Kier molecular flexibility index (Phi) is 8.86. The molecule has 2 aliphatic rings. The van der Waals surface area contributed by atoms with Crippen LogP contribution in [0.5, 0.6) is 0 Å². The fourth-order valence-electron chi connectivity index (χ4n) is 4.19. The number of imidazole rings is 1. The first-order valence-corrected chi connectivity index (χ1v) is 14.8. The number of fused-ring (bicyclic) bond motifs is 2. The summed E-state index contributed by atoms with van der Waals surface area (Å²) in [5.41, 5.74) is 4.13. The van der Waals surface area contributed by atoms with Crippen LogP contribution in [0.25, 0.3) is 11.2 Å². The number of nitrogens with one attached hydrogen (secondary N) is 1. The van der Waals surface area contributed by atoms with Crippen molar-refractivity contribution >= 4 is 47.9 Å². The van der Waals surface area contributed by atoms with Crippen LogP contribution in [-0.4, -0.2) is 85.8 Å². The van der Waals surface area contributed by atoms with Crippen molar-refractivity contribution in [3.8, 4) is 0 Å². The number of rotatable bonds is 10. The van der Waals surface area contributed by atoms with Crippen molar-refractivity contribution in [3.05, 3.63) is 12.5 Å². The molecule has 0 bridgehead atoms. The molecule has 0 spiro atoms. The van der Waals surface area contributed by atoms with Gasteiger partial charge < -0.3 is 25.6 Å². The summed E-state index contributed by atoms with van der Waals surface area (Å²) < 4.78 is 41.9. The number of hydrogen-bond acceptors (Lipinski definition) is 14. The lowest BCUT2D eigenvalue weighted by Crippen LogP contribution is -2.47. The number of ether oxygens (including phenoxy) is 2. The number of hydrogen-bond donors (Lipinski definition) is 3. The van der Waals surface area contributed by atoms with Gasteiger partial charge in [0.05, 0.1) is 32.3 Å². The molecule has 0 unspecified atom stereocenters. The van der Waals surface area contributed by atoms with Gasteiger partial charge in [0, 0.05) is 17.7 Å². The Balaban J connectivity index is 1.29. The van der Waals surface area contributed by atoms with Gasteiger partial charge in [0.2, 0.25) is 5.95 Å². The number of nitrogens with two attached hydrogens (primary N) is 1. The van der Waals surface area contributed by atoms with Gasteiger partial charge in [-0.1, -0.05) is 25.6 Å². The van der Waals surface area contributed by atoms with E-state index in [1.54, 1.807) is 20.8 Å². The average molecular weight is 589 g/mol. The Morgan fingerprint density at radius 1 is 1.41 bits per heavy atom. The molecule has 0 saturated carbocycles. The highest BCUT2D eigenvalue weighted by molar-refractivity contribution is 8.13. The molecule has 2 saturated heterocycles. The maximum atomic E-state index is 13.2. The zero-order chi connectivity index (χ0) is 28.4. The predicted molar refractivity (Wildman–Crippen MR) is 140 cm³/mol. The number of alkyl carbamates (subject to hydrolysis) is 1. The van der Waals surface area contributed by atoms with Crippen molar-refractivity contribution in [2.45, 2.75) is 58.2 Å². The van der Waals surface area contributed by atoms with E-state index in [-0.39, 0.29) is 43.2 Å². The highest BCUT2D eigenvalue weighted by Crippen LogP contribution is 2.58. The predicted octanol–water partition coefficient (Wildman–Crippen LogP) is 2.02. The summed E-state index contributed by atoms with van der Waals surface area (Å²) in [7, 11) is -4.06. The number of nitrogens with zero attached hydrogens (tertiary/aromatic N) is 4. The number of carbonyl (C=O) groups excluding carboxylic acids is 2. The van der Waals surface area contributed by atoms with Crippen molar-refractivity contribution in [2.75, 3.05) is 37.9 Å². The summed E-state index contributed by atoms with van der Waals surface area (Å²) in [5, 5.41) is 13.8. The topological polar surface area (TPSA) is 199 Å². The molecular formula is C22H33N6O9PS. The van der Waals surface area contributed by atoms with Gasteiger partial charge in [-0.3, -0.25) is 22.9 Å². The molecule has 0 radical (unpaired) electrons. The van der Waals surface area contributed by atoms with Gasteiger partial charge in [-0.2, -0.15) is 4.98 Å². The van der Waals surface area contributed by atoms with E-state index in [0.29, 0.717) is 17.6 Å². The normalized spacial score (nSPS) is 28.8. The van der Waals surface area contributed by atoms with Crippen LogP contribution in [0.15, 0.2) is 12.5 Å². The lowest BCUT2D eigenvalue weighted by molar-refractivity contribution is -0.118. The molecule has 5 atom stereocenters. The van der Waals surface area contributed by atoms with Crippen LogP contribution in [0.3, 0.4) is 0 Å². The van der Waals surface area contributed by atoms with Gasteiger partial charge in [0.25, 0.3) is 0 Å². The zero-order valence-corrected chi connectivity index (χ0v) is 23.8. The third kappa shape index (κ3) is 6.53. The van der Waals surface area contributed by atoms with E-state index in [2.05, 4.69) is 20.3 Å².